The van der Waals surface area contributed by atoms with Gasteiger partial charge in [-0.25, -0.2) is 9.59 Å². The molecular weight excluding hydrogens is 564 g/mol. The molecule has 0 saturated carbocycles. The molecule has 0 atom stereocenters. The van der Waals surface area contributed by atoms with Crippen molar-refractivity contribution in [2.75, 3.05) is 72.6 Å². The second-order valence-electron chi connectivity index (χ2n) is 10.0. The van der Waals surface area contributed by atoms with E-state index in [2.05, 4.69) is 34.9 Å². The number of carbonyl (C=O) groups is 2. The molecule has 0 aliphatic heterocycles. The Labute approximate surface area is 258 Å². The van der Waals surface area contributed by atoms with Crippen LogP contribution >= 0.6 is 0 Å². The van der Waals surface area contributed by atoms with Crippen LogP contribution in [0.25, 0.3) is 11.1 Å². The zero-order valence-corrected chi connectivity index (χ0v) is 25.0. The van der Waals surface area contributed by atoms with Crippen LogP contribution in [0.5, 0.6) is 0 Å². The van der Waals surface area contributed by atoms with Gasteiger partial charge in [-0.2, -0.15) is 0 Å². The number of amides is 2. The zero-order valence-electron chi connectivity index (χ0n) is 25.0. The quantitative estimate of drug-likeness (QED) is 0.175. The monoisotopic (exact) mass is 606 g/mol. The van der Waals surface area contributed by atoms with E-state index in [4.69, 9.17) is 28.4 Å². The third-order valence-corrected chi connectivity index (χ3v) is 6.92. The van der Waals surface area contributed by atoms with E-state index in [9.17, 15) is 9.59 Å². The van der Waals surface area contributed by atoms with E-state index in [1.165, 1.54) is 22.3 Å². The summed E-state index contributed by atoms with van der Waals surface area (Å²) in [5.74, 6) is 0.0485. The molecule has 3 aromatic carbocycles. The van der Waals surface area contributed by atoms with E-state index < -0.39 is 12.2 Å². The van der Waals surface area contributed by atoms with Crippen molar-refractivity contribution < 1.29 is 38.0 Å². The highest BCUT2D eigenvalue weighted by molar-refractivity contribution is 5.79. The molecule has 0 heterocycles. The van der Waals surface area contributed by atoms with Gasteiger partial charge in [-0.1, -0.05) is 78.9 Å². The summed E-state index contributed by atoms with van der Waals surface area (Å²) in [7, 11) is 0. The van der Waals surface area contributed by atoms with Gasteiger partial charge in [0.05, 0.1) is 46.2 Å². The average Bonchev–Trinajstić information content (AvgIpc) is 3.38. The second-order valence-corrected chi connectivity index (χ2v) is 10.0. The van der Waals surface area contributed by atoms with E-state index in [1.54, 1.807) is 0 Å². The molecule has 0 bridgehead atoms. The highest BCUT2D eigenvalue weighted by atomic mass is 16.6. The molecule has 0 saturated heterocycles. The molecule has 4 rings (SSSR count). The molecule has 0 aromatic heterocycles. The molecule has 0 radical (unpaired) electrons. The van der Waals surface area contributed by atoms with Crippen LogP contribution in [-0.2, 0) is 35.0 Å². The smallest absolute Gasteiger partial charge is 0.407 e. The Balaban J connectivity index is 0.889. The van der Waals surface area contributed by atoms with Gasteiger partial charge in [-0.3, -0.25) is 0 Å². The van der Waals surface area contributed by atoms with Crippen LogP contribution in [0.1, 0.15) is 29.0 Å². The van der Waals surface area contributed by atoms with Crippen LogP contribution in [0.4, 0.5) is 9.59 Å². The number of hydrogen-bond donors (Lipinski definition) is 2. The minimum absolute atomic E-state index is 0.0485. The molecule has 2 amide bonds. The molecule has 10 nitrogen and oxygen atoms in total. The van der Waals surface area contributed by atoms with Crippen molar-refractivity contribution in [2.45, 2.75) is 18.9 Å². The predicted molar refractivity (Wildman–Crippen MR) is 166 cm³/mol. The molecular formula is C34H42N2O8. The van der Waals surface area contributed by atoms with Crippen molar-refractivity contribution in [3.63, 3.8) is 0 Å². The van der Waals surface area contributed by atoms with Crippen LogP contribution in [0, 0.1) is 0 Å². The molecule has 0 fully saturated rings. The second kappa shape index (κ2) is 19.3. The van der Waals surface area contributed by atoms with E-state index in [-0.39, 0.29) is 12.5 Å². The summed E-state index contributed by atoms with van der Waals surface area (Å²) in [5, 5.41) is 5.44. The number of carbonyl (C=O) groups excluding carboxylic acids is 2. The molecule has 3 aromatic rings. The zero-order chi connectivity index (χ0) is 30.7. The Morgan fingerprint density at radius 2 is 1.05 bits per heavy atom. The van der Waals surface area contributed by atoms with Gasteiger partial charge in [0.25, 0.3) is 0 Å². The first-order valence-corrected chi connectivity index (χ1v) is 15.1. The third kappa shape index (κ3) is 11.3. The maximum Gasteiger partial charge on any atom is 0.407 e. The Bertz CT molecular complexity index is 1230. The van der Waals surface area contributed by atoms with E-state index >= 15 is 0 Å². The maximum absolute atomic E-state index is 12.2. The van der Waals surface area contributed by atoms with Crippen molar-refractivity contribution in [1.29, 1.82) is 0 Å². The normalized spacial score (nSPS) is 11.9. The lowest BCUT2D eigenvalue weighted by atomic mass is 9.98. The summed E-state index contributed by atoms with van der Waals surface area (Å²) in [6, 6.07) is 26.0. The summed E-state index contributed by atoms with van der Waals surface area (Å²) in [4.78, 5) is 23.9. The Kier molecular flexibility index (Phi) is 14.5. The molecule has 2 N–H and O–H groups in total. The summed E-state index contributed by atoms with van der Waals surface area (Å²) in [6.45, 7) is 4.97. The average molecular weight is 607 g/mol. The maximum atomic E-state index is 12.2. The van der Waals surface area contributed by atoms with E-state index in [0.29, 0.717) is 79.0 Å². The van der Waals surface area contributed by atoms with Gasteiger partial charge in [-0.15, -0.1) is 0 Å². The van der Waals surface area contributed by atoms with Gasteiger partial charge in [0.1, 0.15) is 13.2 Å². The highest BCUT2D eigenvalue weighted by Gasteiger charge is 2.28. The Hall–Kier alpha value is -3.96. The van der Waals surface area contributed by atoms with Gasteiger partial charge < -0.3 is 39.1 Å². The lowest BCUT2D eigenvalue weighted by Gasteiger charge is -2.14. The topological polar surface area (TPSA) is 114 Å². The number of benzene rings is 3. The van der Waals surface area contributed by atoms with Gasteiger partial charge in [0.2, 0.25) is 0 Å². The van der Waals surface area contributed by atoms with Crippen molar-refractivity contribution >= 4 is 12.2 Å². The van der Waals surface area contributed by atoms with Crippen molar-refractivity contribution in [3.8, 4) is 11.1 Å². The van der Waals surface area contributed by atoms with Crippen LogP contribution in [0.3, 0.4) is 0 Å². The minimum Gasteiger partial charge on any atom is -0.449 e. The van der Waals surface area contributed by atoms with Crippen LogP contribution < -0.4 is 10.6 Å². The predicted octanol–water partition coefficient (Wildman–Crippen LogP) is 4.91. The molecule has 236 valence electrons. The Morgan fingerprint density at radius 1 is 0.545 bits per heavy atom. The first kappa shape index (κ1) is 32.9. The van der Waals surface area contributed by atoms with Gasteiger partial charge >= 0.3 is 12.2 Å². The van der Waals surface area contributed by atoms with E-state index in [0.717, 1.165) is 5.56 Å². The molecule has 44 heavy (non-hydrogen) atoms. The van der Waals surface area contributed by atoms with Gasteiger partial charge in [0, 0.05) is 25.6 Å². The third-order valence-electron chi connectivity index (χ3n) is 6.92. The van der Waals surface area contributed by atoms with Crippen LogP contribution in [0.15, 0.2) is 78.9 Å². The minimum atomic E-state index is -0.472. The van der Waals surface area contributed by atoms with Crippen LogP contribution in [-0.4, -0.2) is 84.7 Å². The van der Waals surface area contributed by atoms with Crippen molar-refractivity contribution in [2.24, 2.45) is 0 Å². The number of rotatable bonds is 20. The molecule has 0 unspecified atom stereocenters. The summed E-state index contributed by atoms with van der Waals surface area (Å²) in [5.41, 5.74) is 5.73. The van der Waals surface area contributed by atoms with Crippen LogP contribution in [0.2, 0.25) is 0 Å². The number of ether oxygens (including phenoxy) is 6. The molecule has 1 aliphatic carbocycles. The fourth-order valence-electron chi connectivity index (χ4n) is 4.78. The van der Waals surface area contributed by atoms with Gasteiger partial charge in [-0.05, 0) is 34.2 Å². The summed E-state index contributed by atoms with van der Waals surface area (Å²) < 4.78 is 32.6. The fraction of sp³-hybridized carbons (Fsp3) is 0.412. The summed E-state index contributed by atoms with van der Waals surface area (Å²) in [6.07, 6.45) is -0.214. The first-order valence-electron chi connectivity index (χ1n) is 15.1. The lowest BCUT2D eigenvalue weighted by Crippen LogP contribution is -2.28. The number of fused-ring (bicyclic) bond motifs is 3. The molecule has 1 aliphatic rings. The largest absolute Gasteiger partial charge is 0.449 e. The summed E-state index contributed by atoms with van der Waals surface area (Å²) >= 11 is 0. The number of hydrogen-bond acceptors (Lipinski definition) is 8. The van der Waals surface area contributed by atoms with Crippen molar-refractivity contribution in [3.05, 3.63) is 95.6 Å². The SMILES string of the molecule is O=C(NCCOCCOCCOCCOCCCNC(=O)OCC1c2ccccc2-c2ccccc21)OCc1ccccc1. The van der Waals surface area contributed by atoms with E-state index in [1.807, 2.05) is 54.6 Å². The Morgan fingerprint density at radius 3 is 1.68 bits per heavy atom. The molecule has 10 heteroatoms. The highest BCUT2D eigenvalue weighted by Crippen LogP contribution is 2.44. The number of nitrogens with one attached hydrogen (secondary N) is 2. The first-order chi connectivity index (χ1) is 21.7. The fourth-order valence-corrected chi connectivity index (χ4v) is 4.78. The standard InChI is InChI=1S/C34H42N2O8/c37-33(44-26-32-30-13-6-4-11-28(30)29-12-5-7-14-31(29)32)35-15-8-17-39-19-21-41-23-24-42-22-20-40-18-16-36-34(38)43-25-27-9-2-1-3-10-27/h1-7,9-14,32H,8,15-26H2,(H,35,37)(H,36,38). The number of alkyl carbamates (subject to hydrolysis) is 2. The van der Waals surface area contributed by atoms with Crippen molar-refractivity contribution in [1.82, 2.24) is 10.6 Å². The molecule has 0 spiro atoms. The lowest BCUT2D eigenvalue weighted by molar-refractivity contribution is -0.00164. The van der Waals surface area contributed by atoms with Gasteiger partial charge in [0.15, 0.2) is 0 Å².